The van der Waals surface area contributed by atoms with Crippen LogP contribution in [-0.4, -0.2) is 51.0 Å². The van der Waals surface area contributed by atoms with Crippen molar-refractivity contribution < 1.29 is 22.4 Å². The predicted octanol–water partition coefficient (Wildman–Crippen LogP) is 2.40. The Labute approximate surface area is 175 Å². The second kappa shape index (κ2) is 9.26. The van der Waals surface area contributed by atoms with E-state index in [-0.39, 0.29) is 16.5 Å². The van der Waals surface area contributed by atoms with Crippen LogP contribution in [-0.2, 0) is 19.6 Å². The zero-order valence-corrected chi connectivity index (χ0v) is 17.6. The number of nitriles is 1. The molecule has 8 nitrogen and oxygen atoms in total. The molecule has 2 heterocycles. The van der Waals surface area contributed by atoms with E-state index in [1.165, 1.54) is 22.5 Å². The van der Waals surface area contributed by atoms with Gasteiger partial charge in [0, 0.05) is 30.8 Å². The molecule has 0 aliphatic carbocycles. The summed E-state index contributed by atoms with van der Waals surface area (Å²) in [6, 6.07) is 11.5. The summed E-state index contributed by atoms with van der Waals surface area (Å²) in [6.07, 6.45) is 1.37. The van der Waals surface area contributed by atoms with Gasteiger partial charge in [-0.05, 0) is 50.2 Å². The first-order valence-corrected chi connectivity index (χ1v) is 11.0. The lowest BCUT2D eigenvalue weighted by Gasteiger charge is -2.26. The van der Waals surface area contributed by atoms with Crippen LogP contribution in [0.1, 0.15) is 19.6 Å². The summed E-state index contributed by atoms with van der Waals surface area (Å²) >= 11 is 0. The molecule has 1 aliphatic rings. The molecule has 0 bridgehead atoms. The summed E-state index contributed by atoms with van der Waals surface area (Å²) in [7, 11) is -3.56. The third-order valence-corrected chi connectivity index (χ3v) is 6.36. The number of sulfonamides is 1. The van der Waals surface area contributed by atoms with Crippen LogP contribution in [0.2, 0.25) is 0 Å². The van der Waals surface area contributed by atoms with Crippen molar-refractivity contribution in [3.05, 3.63) is 47.7 Å². The zero-order valence-electron chi connectivity index (χ0n) is 16.8. The fourth-order valence-corrected chi connectivity index (χ4v) is 4.35. The fourth-order valence-electron chi connectivity index (χ4n) is 2.94. The molecule has 1 saturated heterocycles. The van der Waals surface area contributed by atoms with E-state index in [0.717, 1.165) is 0 Å². The quantitative estimate of drug-likeness (QED) is 0.557. The van der Waals surface area contributed by atoms with E-state index in [1.807, 2.05) is 6.07 Å². The highest BCUT2D eigenvalue weighted by Gasteiger charge is 2.26. The predicted molar refractivity (Wildman–Crippen MR) is 111 cm³/mol. The van der Waals surface area contributed by atoms with Crippen molar-refractivity contribution in [3.63, 3.8) is 0 Å². The molecule has 0 atom stereocenters. The number of hydrogen-bond acceptors (Lipinski definition) is 6. The molecule has 1 N–H and O–H groups in total. The maximum absolute atomic E-state index is 12.7. The van der Waals surface area contributed by atoms with Crippen molar-refractivity contribution in [2.75, 3.05) is 26.3 Å². The Morgan fingerprint density at radius 3 is 2.43 bits per heavy atom. The van der Waals surface area contributed by atoms with Crippen molar-refractivity contribution >= 4 is 22.0 Å². The fraction of sp³-hybridized carbons (Fsp3) is 0.333. The topological polar surface area (TPSA) is 113 Å². The number of hydrogen-bond donors (Lipinski definition) is 1. The summed E-state index contributed by atoms with van der Waals surface area (Å²) < 4.78 is 37.7. The Hall–Kier alpha value is -2.93. The molecule has 30 heavy (non-hydrogen) atoms. The van der Waals surface area contributed by atoms with Crippen LogP contribution < -0.4 is 5.32 Å². The Morgan fingerprint density at radius 2 is 1.83 bits per heavy atom. The Kier molecular flexibility index (Phi) is 6.72. The van der Waals surface area contributed by atoms with Gasteiger partial charge in [-0.3, -0.25) is 4.79 Å². The lowest BCUT2D eigenvalue weighted by Crippen LogP contribution is -2.40. The minimum atomic E-state index is -3.56. The maximum Gasteiger partial charge on any atom is 0.262 e. The number of benzene rings is 1. The smallest absolute Gasteiger partial charge is 0.262 e. The number of carbonyl (C=O) groups is 1. The first kappa shape index (κ1) is 21.8. The van der Waals surface area contributed by atoms with Gasteiger partial charge in [0.1, 0.15) is 23.2 Å². The van der Waals surface area contributed by atoms with E-state index in [4.69, 9.17) is 9.15 Å². The van der Waals surface area contributed by atoms with E-state index in [0.29, 0.717) is 43.4 Å². The minimum Gasteiger partial charge on any atom is -0.457 e. The van der Waals surface area contributed by atoms with E-state index < -0.39 is 15.9 Å². The van der Waals surface area contributed by atoms with Crippen LogP contribution in [0.4, 0.5) is 0 Å². The number of nitrogens with zero attached hydrogens (tertiary/aromatic N) is 2. The standard InChI is InChI=1S/C21H23N3O5S/c1-15(2)23-21(25)17(14-22)13-18-5-8-20(29-18)16-3-6-19(7-4-16)30(26,27)24-9-11-28-12-10-24/h3-8,13,15H,9-12H2,1-2H3,(H,23,25)/b17-13+. The molecule has 0 saturated carbocycles. The normalized spacial score (nSPS) is 15.7. The lowest BCUT2D eigenvalue weighted by atomic mass is 10.2. The summed E-state index contributed by atoms with van der Waals surface area (Å²) in [5.74, 6) is 0.381. The van der Waals surface area contributed by atoms with E-state index in [1.54, 1.807) is 38.1 Å². The second-order valence-electron chi connectivity index (χ2n) is 7.04. The van der Waals surface area contributed by atoms with E-state index >= 15 is 0 Å². The molecule has 3 rings (SSSR count). The molecule has 0 spiro atoms. The molecular weight excluding hydrogens is 406 g/mol. The van der Waals surface area contributed by atoms with Gasteiger partial charge in [0.05, 0.1) is 18.1 Å². The van der Waals surface area contributed by atoms with Crippen LogP contribution in [0.3, 0.4) is 0 Å². The summed E-state index contributed by atoms with van der Waals surface area (Å²) in [5, 5.41) is 11.9. The molecule has 2 aromatic rings. The van der Waals surface area contributed by atoms with Crippen LogP contribution in [0.15, 0.2) is 51.3 Å². The average Bonchev–Trinajstić information content (AvgIpc) is 3.21. The first-order chi connectivity index (χ1) is 14.3. The number of morpholine rings is 1. The van der Waals surface area contributed by atoms with Crippen molar-refractivity contribution in [1.82, 2.24) is 9.62 Å². The summed E-state index contributed by atoms with van der Waals surface area (Å²) in [4.78, 5) is 12.2. The monoisotopic (exact) mass is 429 g/mol. The van der Waals surface area contributed by atoms with Gasteiger partial charge >= 0.3 is 0 Å². The lowest BCUT2D eigenvalue weighted by molar-refractivity contribution is -0.117. The second-order valence-corrected chi connectivity index (χ2v) is 8.98. The molecular formula is C21H23N3O5S. The molecule has 158 valence electrons. The molecule has 0 unspecified atom stereocenters. The molecule has 1 aliphatic heterocycles. The van der Waals surface area contributed by atoms with Crippen LogP contribution in [0.25, 0.3) is 17.4 Å². The van der Waals surface area contributed by atoms with Crippen LogP contribution >= 0.6 is 0 Å². The number of carbonyl (C=O) groups excluding carboxylic acids is 1. The Balaban J connectivity index is 1.78. The van der Waals surface area contributed by atoms with E-state index in [2.05, 4.69) is 5.32 Å². The van der Waals surface area contributed by atoms with Gasteiger partial charge in [-0.1, -0.05) is 0 Å². The molecule has 1 aromatic heterocycles. The van der Waals surface area contributed by atoms with E-state index in [9.17, 15) is 18.5 Å². The zero-order chi connectivity index (χ0) is 21.7. The van der Waals surface area contributed by atoms with Gasteiger partial charge in [0.15, 0.2) is 0 Å². The van der Waals surface area contributed by atoms with Crippen molar-refractivity contribution in [2.45, 2.75) is 24.8 Å². The first-order valence-electron chi connectivity index (χ1n) is 9.52. The third-order valence-electron chi connectivity index (χ3n) is 4.44. The molecule has 1 amide bonds. The Morgan fingerprint density at radius 1 is 1.17 bits per heavy atom. The van der Waals surface area contributed by atoms with Gasteiger partial charge in [0.2, 0.25) is 10.0 Å². The largest absolute Gasteiger partial charge is 0.457 e. The Bertz CT molecular complexity index is 1070. The van der Waals surface area contributed by atoms with Crippen LogP contribution in [0, 0.1) is 11.3 Å². The van der Waals surface area contributed by atoms with Gasteiger partial charge in [0.25, 0.3) is 5.91 Å². The van der Waals surface area contributed by atoms with Gasteiger partial charge in [-0.25, -0.2) is 8.42 Å². The number of furan rings is 1. The average molecular weight is 429 g/mol. The maximum atomic E-state index is 12.7. The van der Waals surface area contributed by atoms with Crippen LogP contribution in [0.5, 0.6) is 0 Å². The number of rotatable bonds is 6. The van der Waals surface area contributed by atoms with Crippen molar-refractivity contribution in [3.8, 4) is 17.4 Å². The number of nitrogens with one attached hydrogen (secondary N) is 1. The summed E-state index contributed by atoms with van der Waals surface area (Å²) in [5.41, 5.74) is 0.622. The molecule has 1 aromatic carbocycles. The van der Waals surface area contributed by atoms with Crippen molar-refractivity contribution in [1.29, 1.82) is 5.26 Å². The molecule has 1 fully saturated rings. The third kappa shape index (κ3) is 4.97. The van der Waals surface area contributed by atoms with Gasteiger partial charge in [-0.2, -0.15) is 9.57 Å². The minimum absolute atomic E-state index is 0.0587. The summed E-state index contributed by atoms with van der Waals surface area (Å²) in [6.45, 7) is 5.06. The SMILES string of the molecule is CC(C)NC(=O)/C(C#N)=C/c1ccc(-c2ccc(S(=O)(=O)N3CCOCC3)cc2)o1. The molecule has 0 radical (unpaired) electrons. The van der Waals surface area contributed by atoms with Crippen molar-refractivity contribution in [2.24, 2.45) is 0 Å². The van der Waals surface area contributed by atoms with Gasteiger partial charge < -0.3 is 14.5 Å². The van der Waals surface area contributed by atoms with Gasteiger partial charge in [-0.15, -0.1) is 0 Å². The highest BCUT2D eigenvalue weighted by Crippen LogP contribution is 2.26. The molecule has 9 heteroatoms. The highest BCUT2D eigenvalue weighted by atomic mass is 32.2. The number of ether oxygens (including phenoxy) is 1. The highest BCUT2D eigenvalue weighted by molar-refractivity contribution is 7.89. The number of amides is 1.